The van der Waals surface area contributed by atoms with Crippen LogP contribution in [0.15, 0.2) is 76.6 Å². The first kappa shape index (κ1) is 16.4. The number of para-hydroxylation sites is 1. The van der Waals surface area contributed by atoms with Crippen molar-refractivity contribution in [3.63, 3.8) is 0 Å². The molecule has 0 saturated heterocycles. The van der Waals surface area contributed by atoms with Gasteiger partial charge in [-0.25, -0.2) is 0 Å². The van der Waals surface area contributed by atoms with Crippen LogP contribution in [0.2, 0.25) is 0 Å². The lowest BCUT2D eigenvalue weighted by Gasteiger charge is -2.11. The second kappa shape index (κ2) is 7.06. The molecule has 2 N–H and O–H groups in total. The van der Waals surface area contributed by atoms with E-state index in [2.05, 4.69) is 29.3 Å². The van der Waals surface area contributed by atoms with Crippen molar-refractivity contribution in [3.05, 3.63) is 82.8 Å². The van der Waals surface area contributed by atoms with Crippen LogP contribution >= 0.6 is 11.8 Å². The van der Waals surface area contributed by atoms with Gasteiger partial charge in [-0.3, -0.25) is 4.79 Å². The number of nitrogens with zero attached hydrogens (tertiary/aromatic N) is 1. The van der Waals surface area contributed by atoms with Gasteiger partial charge in [0.05, 0.1) is 4.91 Å². The summed E-state index contributed by atoms with van der Waals surface area (Å²) >= 11 is 1.18. The Hall–Kier alpha value is -3.05. The van der Waals surface area contributed by atoms with Gasteiger partial charge in [0.2, 0.25) is 0 Å². The van der Waals surface area contributed by atoms with Gasteiger partial charge in [0.1, 0.15) is 12.4 Å². The van der Waals surface area contributed by atoms with Crippen LogP contribution in [0.4, 0.5) is 0 Å². The number of rotatable bonds is 4. The largest absolute Gasteiger partial charge is 0.488 e. The minimum absolute atomic E-state index is 0.274. The Bertz CT molecular complexity index is 1050. The molecular formula is C21H16N2O2S. The molecule has 0 fully saturated rings. The zero-order valence-corrected chi connectivity index (χ0v) is 14.7. The fourth-order valence-corrected chi connectivity index (χ4v) is 3.54. The van der Waals surface area contributed by atoms with E-state index in [0.717, 1.165) is 11.1 Å². The highest BCUT2D eigenvalue weighted by Crippen LogP contribution is 2.30. The van der Waals surface area contributed by atoms with E-state index in [1.54, 1.807) is 6.08 Å². The number of carbonyl (C=O) groups is 1. The van der Waals surface area contributed by atoms with Crippen molar-refractivity contribution in [2.75, 3.05) is 0 Å². The zero-order chi connectivity index (χ0) is 17.9. The molecule has 0 aliphatic carbocycles. The summed E-state index contributed by atoms with van der Waals surface area (Å²) in [5.41, 5.74) is 7.56. The van der Waals surface area contributed by atoms with Crippen molar-refractivity contribution in [2.24, 2.45) is 10.7 Å². The van der Waals surface area contributed by atoms with Gasteiger partial charge in [0, 0.05) is 5.56 Å². The molecule has 0 unspecified atom stereocenters. The standard InChI is InChI=1S/C21H16N2O2S/c22-21-23-20(24)19(26-21)12-15-7-2-4-11-18(15)25-13-16-9-5-8-14-6-1-3-10-17(14)16/h1-12H,13H2,(H2,22,23,24)/b19-12-. The fraction of sp³-hybridized carbons (Fsp3) is 0.0476. The monoisotopic (exact) mass is 360 g/mol. The highest BCUT2D eigenvalue weighted by atomic mass is 32.2. The molecule has 1 amide bonds. The van der Waals surface area contributed by atoms with Crippen molar-refractivity contribution in [2.45, 2.75) is 6.61 Å². The van der Waals surface area contributed by atoms with Crippen LogP contribution in [-0.4, -0.2) is 11.1 Å². The number of amidine groups is 1. The van der Waals surface area contributed by atoms with Crippen molar-refractivity contribution in [1.29, 1.82) is 0 Å². The topological polar surface area (TPSA) is 64.7 Å². The van der Waals surface area contributed by atoms with E-state index in [9.17, 15) is 4.79 Å². The summed E-state index contributed by atoms with van der Waals surface area (Å²) in [7, 11) is 0. The van der Waals surface area contributed by atoms with Crippen LogP contribution in [0, 0.1) is 0 Å². The molecule has 1 aliphatic rings. The first-order valence-corrected chi connectivity index (χ1v) is 8.99. The summed E-state index contributed by atoms with van der Waals surface area (Å²) < 4.78 is 6.07. The molecule has 4 rings (SSSR count). The van der Waals surface area contributed by atoms with Crippen LogP contribution in [-0.2, 0) is 11.4 Å². The van der Waals surface area contributed by atoms with Crippen LogP contribution in [0.3, 0.4) is 0 Å². The van der Waals surface area contributed by atoms with Gasteiger partial charge in [-0.15, -0.1) is 0 Å². The lowest BCUT2D eigenvalue weighted by atomic mass is 10.1. The second-order valence-electron chi connectivity index (χ2n) is 5.83. The maximum Gasteiger partial charge on any atom is 0.286 e. The number of hydrogen-bond donors (Lipinski definition) is 1. The Balaban J connectivity index is 1.60. The highest BCUT2D eigenvalue weighted by Gasteiger charge is 2.20. The van der Waals surface area contributed by atoms with Crippen molar-refractivity contribution < 1.29 is 9.53 Å². The van der Waals surface area contributed by atoms with E-state index in [4.69, 9.17) is 10.5 Å². The summed E-state index contributed by atoms with van der Waals surface area (Å²) in [6, 6.07) is 22.0. The molecule has 128 valence electrons. The third-order valence-electron chi connectivity index (χ3n) is 4.11. The molecule has 0 aromatic heterocycles. The number of fused-ring (bicyclic) bond motifs is 1. The molecule has 0 radical (unpaired) electrons. The third-order valence-corrected chi connectivity index (χ3v) is 4.92. The Labute approximate surface area is 155 Å². The molecule has 26 heavy (non-hydrogen) atoms. The molecule has 0 spiro atoms. The summed E-state index contributed by atoms with van der Waals surface area (Å²) in [6.45, 7) is 0.446. The van der Waals surface area contributed by atoms with E-state index in [0.29, 0.717) is 17.3 Å². The number of nitrogens with two attached hydrogens (primary N) is 1. The summed E-state index contributed by atoms with van der Waals surface area (Å²) in [5, 5.41) is 2.63. The molecular weight excluding hydrogens is 344 g/mol. The number of carbonyl (C=O) groups excluding carboxylic acids is 1. The molecule has 1 heterocycles. The lowest BCUT2D eigenvalue weighted by Crippen LogP contribution is -2.01. The van der Waals surface area contributed by atoms with Crippen LogP contribution < -0.4 is 10.5 Å². The van der Waals surface area contributed by atoms with Crippen molar-refractivity contribution in [3.8, 4) is 5.75 Å². The van der Waals surface area contributed by atoms with Crippen LogP contribution in [0.25, 0.3) is 16.8 Å². The predicted octanol–water partition coefficient (Wildman–Crippen LogP) is 4.35. The molecule has 0 saturated carbocycles. The smallest absolute Gasteiger partial charge is 0.286 e. The molecule has 0 bridgehead atoms. The van der Waals surface area contributed by atoms with Crippen LogP contribution in [0.1, 0.15) is 11.1 Å². The van der Waals surface area contributed by atoms with E-state index >= 15 is 0 Å². The first-order chi connectivity index (χ1) is 12.7. The van der Waals surface area contributed by atoms with Gasteiger partial charge in [0.25, 0.3) is 5.91 Å². The molecule has 1 aliphatic heterocycles. The van der Waals surface area contributed by atoms with Gasteiger partial charge in [-0.05, 0) is 40.2 Å². The van der Waals surface area contributed by atoms with Gasteiger partial charge in [0.15, 0.2) is 5.17 Å². The minimum Gasteiger partial charge on any atom is -0.488 e. The van der Waals surface area contributed by atoms with Crippen LogP contribution in [0.5, 0.6) is 5.75 Å². The quantitative estimate of drug-likeness (QED) is 0.703. The lowest BCUT2D eigenvalue weighted by molar-refractivity contribution is -0.113. The third kappa shape index (κ3) is 3.34. The zero-order valence-electron chi connectivity index (χ0n) is 13.9. The number of aliphatic imine (C=N–C) groups is 1. The Morgan fingerprint density at radius 2 is 1.77 bits per heavy atom. The van der Waals surface area contributed by atoms with Gasteiger partial charge >= 0.3 is 0 Å². The molecule has 4 nitrogen and oxygen atoms in total. The molecule has 3 aromatic rings. The van der Waals surface area contributed by atoms with E-state index in [-0.39, 0.29) is 11.1 Å². The number of hydrogen-bond acceptors (Lipinski definition) is 4. The highest BCUT2D eigenvalue weighted by molar-refractivity contribution is 8.18. The Morgan fingerprint density at radius 3 is 2.62 bits per heavy atom. The molecule has 0 atom stereocenters. The number of ether oxygens (including phenoxy) is 1. The number of thioether (sulfide) groups is 1. The summed E-state index contributed by atoms with van der Waals surface area (Å²) in [6.07, 6.45) is 1.77. The number of benzene rings is 3. The summed E-state index contributed by atoms with van der Waals surface area (Å²) in [5.74, 6) is 0.406. The Morgan fingerprint density at radius 1 is 1.00 bits per heavy atom. The maximum atomic E-state index is 11.8. The van der Waals surface area contributed by atoms with E-state index in [1.807, 2.05) is 42.5 Å². The minimum atomic E-state index is -0.309. The number of amides is 1. The molecule has 5 heteroatoms. The Kier molecular flexibility index (Phi) is 4.46. The van der Waals surface area contributed by atoms with Crippen molar-refractivity contribution in [1.82, 2.24) is 0 Å². The van der Waals surface area contributed by atoms with Crippen molar-refractivity contribution >= 4 is 39.7 Å². The average molecular weight is 360 g/mol. The van der Waals surface area contributed by atoms with E-state index in [1.165, 1.54) is 22.5 Å². The summed E-state index contributed by atoms with van der Waals surface area (Å²) in [4.78, 5) is 16.1. The SMILES string of the molecule is NC1=NC(=O)/C(=C/c2ccccc2OCc2cccc3ccccc23)S1. The maximum absolute atomic E-state index is 11.8. The van der Waals surface area contributed by atoms with Gasteiger partial charge < -0.3 is 10.5 Å². The normalized spacial score (nSPS) is 15.5. The fourth-order valence-electron chi connectivity index (χ4n) is 2.87. The van der Waals surface area contributed by atoms with Gasteiger partial charge in [-0.2, -0.15) is 4.99 Å². The second-order valence-corrected chi connectivity index (χ2v) is 6.89. The molecule has 3 aromatic carbocycles. The average Bonchev–Trinajstić information content (AvgIpc) is 2.98. The first-order valence-electron chi connectivity index (χ1n) is 8.17. The predicted molar refractivity (Wildman–Crippen MR) is 107 cm³/mol. The van der Waals surface area contributed by atoms with E-state index < -0.39 is 0 Å². The van der Waals surface area contributed by atoms with Gasteiger partial charge in [-0.1, -0.05) is 60.7 Å².